The number of nitrogens with zero attached hydrogens (tertiary/aromatic N) is 1. The predicted molar refractivity (Wildman–Crippen MR) is 80.9 cm³/mol. The first kappa shape index (κ1) is 16.3. The number of nitrogens with one attached hydrogen (secondary N) is 2. The second-order valence-corrected chi connectivity index (χ2v) is 5.32. The highest BCUT2D eigenvalue weighted by Gasteiger charge is 2.18. The highest BCUT2D eigenvalue weighted by Crippen LogP contribution is 2.05. The van der Waals surface area contributed by atoms with Gasteiger partial charge < -0.3 is 25.4 Å². The zero-order chi connectivity index (χ0) is 15.9. The van der Waals surface area contributed by atoms with Gasteiger partial charge in [0, 0.05) is 26.2 Å². The van der Waals surface area contributed by atoms with Gasteiger partial charge in [0.15, 0.2) is 0 Å². The largest absolute Gasteiger partial charge is 0.478 e. The number of hydrogen-bond donors (Lipinski definition) is 3. The Morgan fingerprint density at radius 3 is 2.95 bits per heavy atom. The lowest BCUT2D eigenvalue weighted by molar-refractivity contribution is -0.0167. The molecule has 1 aromatic carbocycles. The van der Waals surface area contributed by atoms with Crippen LogP contribution in [0, 0.1) is 0 Å². The molecule has 0 aromatic heterocycles. The Morgan fingerprint density at radius 1 is 1.41 bits per heavy atom. The van der Waals surface area contributed by atoms with E-state index in [2.05, 4.69) is 15.5 Å². The zero-order valence-electron chi connectivity index (χ0n) is 12.5. The van der Waals surface area contributed by atoms with E-state index >= 15 is 0 Å². The van der Waals surface area contributed by atoms with Crippen LogP contribution in [0.15, 0.2) is 24.3 Å². The molecule has 1 fully saturated rings. The van der Waals surface area contributed by atoms with Gasteiger partial charge in [-0.2, -0.15) is 0 Å². The number of urea groups is 1. The summed E-state index contributed by atoms with van der Waals surface area (Å²) >= 11 is 0. The van der Waals surface area contributed by atoms with Crippen LogP contribution in [0.1, 0.15) is 15.9 Å². The summed E-state index contributed by atoms with van der Waals surface area (Å²) in [6, 6.07) is 6.19. The minimum absolute atomic E-state index is 0.000150. The van der Waals surface area contributed by atoms with Gasteiger partial charge in [-0.05, 0) is 24.7 Å². The molecule has 1 aromatic rings. The molecule has 0 aliphatic carbocycles. The van der Waals surface area contributed by atoms with Crippen LogP contribution in [-0.2, 0) is 11.3 Å². The molecule has 2 rings (SSSR count). The molecule has 7 nitrogen and oxygen atoms in total. The van der Waals surface area contributed by atoms with Crippen molar-refractivity contribution in [3.05, 3.63) is 35.4 Å². The van der Waals surface area contributed by atoms with Crippen LogP contribution in [-0.4, -0.2) is 61.4 Å². The number of hydrogen-bond acceptors (Lipinski definition) is 4. The number of benzene rings is 1. The third-order valence-corrected chi connectivity index (χ3v) is 3.46. The number of likely N-dealkylation sites (N-methyl/N-ethyl adjacent to an activating group) is 1. The highest BCUT2D eigenvalue weighted by atomic mass is 16.5. The molecule has 1 aliphatic heterocycles. The number of carbonyl (C=O) groups is 2. The zero-order valence-corrected chi connectivity index (χ0v) is 12.5. The number of carboxylic acids is 1. The van der Waals surface area contributed by atoms with Gasteiger partial charge >= 0.3 is 12.0 Å². The van der Waals surface area contributed by atoms with Gasteiger partial charge in [-0.3, -0.25) is 0 Å². The van der Waals surface area contributed by atoms with Crippen LogP contribution in [0.5, 0.6) is 0 Å². The first-order valence-electron chi connectivity index (χ1n) is 7.18. The topological polar surface area (TPSA) is 90.9 Å². The Labute approximate surface area is 129 Å². The number of morpholine rings is 1. The van der Waals surface area contributed by atoms with E-state index < -0.39 is 5.97 Å². The van der Waals surface area contributed by atoms with Crippen LogP contribution in [0.3, 0.4) is 0 Å². The Balaban J connectivity index is 1.73. The smallest absolute Gasteiger partial charge is 0.335 e. The summed E-state index contributed by atoms with van der Waals surface area (Å²) < 4.78 is 5.55. The fraction of sp³-hybridized carbons (Fsp3) is 0.467. The van der Waals surface area contributed by atoms with E-state index in [-0.39, 0.29) is 24.2 Å². The van der Waals surface area contributed by atoms with Crippen molar-refractivity contribution in [1.29, 1.82) is 0 Å². The van der Waals surface area contributed by atoms with Crippen molar-refractivity contribution in [2.45, 2.75) is 12.6 Å². The van der Waals surface area contributed by atoms with Crippen molar-refractivity contribution in [2.24, 2.45) is 0 Å². The molecule has 120 valence electrons. The maximum atomic E-state index is 11.8. The van der Waals surface area contributed by atoms with Gasteiger partial charge in [0.1, 0.15) is 0 Å². The van der Waals surface area contributed by atoms with E-state index in [4.69, 9.17) is 9.84 Å². The molecule has 0 bridgehead atoms. The van der Waals surface area contributed by atoms with E-state index in [0.717, 1.165) is 18.7 Å². The first-order chi connectivity index (χ1) is 10.5. The number of rotatable bonds is 5. The fourth-order valence-electron chi connectivity index (χ4n) is 2.26. The monoisotopic (exact) mass is 307 g/mol. The van der Waals surface area contributed by atoms with E-state index in [0.29, 0.717) is 13.2 Å². The minimum Gasteiger partial charge on any atom is -0.478 e. The minimum atomic E-state index is -0.982. The summed E-state index contributed by atoms with van der Waals surface area (Å²) in [6.45, 7) is 3.10. The standard InChI is InChI=1S/C15H21N3O4/c1-18-5-6-22-13(10-18)9-17-15(21)16-8-11-3-2-4-12(7-11)14(19)20/h2-4,7,13H,5-6,8-10H2,1H3,(H,19,20)(H2,16,17,21). The molecule has 1 unspecified atom stereocenters. The quantitative estimate of drug-likeness (QED) is 0.737. The maximum Gasteiger partial charge on any atom is 0.335 e. The summed E-state index contributed by atoms with van der Waals surface area (Å²) in [5.74, 6) is -0.982. The molecule has 1 aliphatic rings. The van der Waals surface area contributed by atoms with E-state index in [1.165, 1.54) is 6.07 Å². The third-order valence-electron chi connectivity index (χ3n) is 3.46. The lowest BCUT2D eigenvalue weighted by Gasteiger charge is -2.30. The molecular formula is C15H21N3O4. The molecule has 1 atom stereocenters. The lowest BCUT2D eigenvalue weighted by Crippen LogP contribution is -2.47. The van der Waals surface area contributed by atoms with Crippen LogP contribution < -0.4 is 10.6 Å². The van der Waals surface area contributed by atoms with Crippen molar-refractivity contribution < 1.29 is 19.4 Å². The Kier molecular flexibility index (Phi) is 5.74. The molecule has 2 amide bonds. The molecule has 7 heteroatoms. The molecule has 0 radical (unpaired) electrons. The SMILES string of the molecule is CN1CCOC(CNC(=O)NCc2cccc(C(=O)O)c2)C1. The predicted octanol–water partition coefficient (Wildman–Crippen LogP) is 0.515. The van der Waals surface area contributed by atoms with Gasteiger partial charge in [0.2, 0.25) is 0 Å². The fourth-order valence-corrected chi connectivity index (χ4v) is 2.26. The first-order valence-corrected chi connectivity index (χ1v) is 7.18. The van der Waals surface area contributed by atoms with Gasteiger partial charge in [-0.1, -0.05) is 12.1 Å². The van der Waals surface area contributed by atoms with Crippen LogP contribution in [0.4, 0.5) is 4.79 Å². The molecule has 3 N–H and O–H groups in total. The van der Waals surface area contributed by atoms with Crippen LogP contribution in [0.25, 0.3) is 0 Å². The summed E-state index contributed by atoms with van der Waals surface area (Å²) in [5.41, 5.74) is 0.946. The lowest BCUT2D eigenvalue weighted by atomic mass is 10.1. The van der Waals surface area contributed by atoms with Crippen molar-refractivity contribution in [3.63, 3.8) is 0 Å². The normalized spacial score (nSPS) is 18.7. The Morgan fingerprint density at radius 2 is 2.23 bits per heavy atom. The molecule has 1 heterocycles. The van der Waals surface area contributed by atoms with Crippen LogP contribution >= 0.6 is 0 Å². The maximum absolute atomic E-state index is 11.8. The van der Waals surface area contributed by atoms with Gasteiger partial charge in [0.25, 0.3) is 0 Å². The van der Waals surface area contributed by atoms with Gasteiger partial charge in [-0.15, -0.1) is 0 Å². The highest BCUT2D eigenvalue weighted by molar-refractivity contribution is 5.87. The summed E-state index contributed by atoms with van der Waals surface area (Å²) in [6.07, 6.45) is -0.000150. The third kappa shape index (κ3) is 5.01. The average molecular weight is 307 g/mol. The molecule has 22 heavy (non-hydrogen) atoms. The van der Waals surface area contributed by atoms with Crippen molar-refractivity contribution in [1.82, 2.24) is 15.5 Å². The van der Waals surface area contributed by atoms with Gasteiger partial charge in [-0.25, -0.2) is 9.59 Å². The molecule has 1 saturated heterocycles. The Hall–Kier alpha value is -2.12. The number of aromatic carboxylic acids is 1. The van der Waals surface area contributed by atoms with Crippen LogP contribution in [0.2, 0.25) is 0 Å². The summed E-state index contributed by atoms with van der Waals surface area (Å²) in [7, 11) is 2.02. The van der Waals surface area contributed by atoms with E-state index in [1.54, 1.807) is 18.2 Å². The Bertz CT molecular complexity index is 535. The molecule has 0 saturated carbocycles. The number of ether oxygens (including phenoxy) is 1. The number of amides is 2. The number of carboxylic acid groups (broad SMARTS) is 1. The summed E-state index contributed by atoms with van der Waals surface area (Å²) in [5, 5.41) is 14.4. The summed E-state index contributed by atoms with van der Waals surface area (Å²) in [4.78, 5) is 24.8. The average Bonchev–Trinajstić information content (AvgIpc) is 2.51. The van der Waals surface area contributed by atoms with Crippen molar-refractivity contribution >= 4 is 12.0 Å². The molecule has 0 spiro atoms. The van der Waals surface area contributed by atoms with Crippen molar-refractivity contribution in [3.8, 4) is 0 Å². The van der Waals surface area contributed by atoms with E-state index in [1.807, 2.05) is 7.05 Å². The van der Waals surface area contributed by atoms with Crippen molar-refractivity contribution in [2.75, 3.05) is 33.3 Å². The van der Waals surface area contributed by atoms with Gasteiger partial charge in [0.05, 0.1) is 18.3 Å². The second kappa shape index (κ2) is 7.77. The molecular weight excluding hydrogens is 286 g/mol. The van der Waals surface area contributed by atoms with E-state index in [9.17, 15) is 9.59 Å². The number of carbonyl (C=O) groups excluding carboxylic acids is 1. The second-order valence-electron chi connectivity index (χ2n) is 5.32.